The maximum absolute atomic E-state index is 2.51. The average Bonchev–Trinajstić information content (AvgIpc) is 2.67. The van der Waals surface area contributed by atoms with Crippen LogP contribution in [-0.4, -0.2) is 0 Å². The van der Waals surface area contributed by atoms with Crippen molar-refractivity contribution in [2.45, 2.75) is 81.6 Å². The summed E-state index contributed by atoms with van der Waals surface area (Å²) >= 11 is 0. The maximum Gasteiger partial charge on any atom is -0.0264 e. The lowest BCUT2D eigenvalue weighted by Crippen LogP contribution is -2.28. The fourth-order valence-electron chi connectivity index (χ4n) is 4.71. The lowest BCUT2D eigenvalue weighted by Gasteiger charge is -2.37. The lowest BCUT2D eigenvalue weighted by atomic mass is 9.68. The third-order valence-corrected chi connectivity index (χ3v) is 7.10. The van der Waals surface area contributed by atoms with Crippen LogP contribution in [0.5, 0.6) is 0 Å². The second-order valence-electron chi connectivity index (χ2n) is 8.42. The van der Waals surface area contributed by atoms with Crippen LogP contribution in [0.2, 0.25) is 0 Å². The van der Waals surface area contributed by atoms with Crippen molar-refractivity contribution in [1.82, 2.24) is 0 Å². The van der Waals surface area contributed by atoms with Gasteiger partial charge in [0.2, 0.25) is 0 Å². The molecule has 0 aliphatic heterocycles. The topological polar surface area (TPSA) is 0 Å². The molecule has 18 heavy (non-hydrogen) atoms. The van der Waals surface area contributed by atoms with Crippen LogP contribution in [0.1, 0.15) is 81.6 Å². The summed E-state index contributed by atoms with van der Waals surface area (Å²) in [5, 5.41) is 0. The van der Waals surface area contributed by atoms with Gasteiger partial charge in [-0.2, -0.15) is 0 Å². The second-order valence-corrected chi connectivity index (χ2v) is 8.42. The average molecular weight is 252 g/mol. The molecule has 0 spiro atoms. The lowest BCUT2D eigenvalue weighted by molar-refractivity contribution is 0.129. The Morgan fingerprint density at radius 2 is 1.44 bits per heavy atom. The molecule has 0 nitrogen and oxygen atoms in total. The van der Waals surface area contributed by atoms with Crippen LogP contribution in [0.25, 0.3) is 0 Å². The van der Waals surface area contributed by atoms with Gasteiger partial charge in [-0.05, 0) is 40.4 Å². The summed E-state index contributed by atoms with van der Waals surface area (Å²) in [4.78, 5) is 0. The number of hydrogen-bond acceptors (Lipinski definition) is 0. The first kappa shape index (κ1) is 16.1. The summed E-state index contributed by atoms with van der Waals surface area (Å²) in [7, 11) is 0. The standard InChI is InChI=1S/C18H36/c1-10-14(4)18(9,11-2)12-13(3)15-16(5,6)17(15,7)8/h13-15H,10-12H2,1-9H3. The van der Waals surface area contributed by atoms with Crippen LogP contribution >= 0.6 is 0 Å². The molecule has 0 bridgehead atoms. The molecule has 0 amide bonds. The minimum Gasteiger partial charge on any atom is -0.0651 e. The van der Waals surface area contributed by atoms with Gasteiger partial charge in [0.15, 0.2) is 0 Å². The fraction of sp³-hybridized carbons (Fsp3) is 1.00. The first-order valence-corrected chi connectivity index (χ1v) is 8.04. The smallest absolute Gasteiger partial charge is 0.0264 e. The van der Waals surface area contributed by atoms with Gasteiger partial charge < -0.3 is 0 Å². The minimum absolute atomic E-state index is 0.531. The van der Waals surface area contributed by atoms with Gasteiger partial charge in [-0.15, -0.1) is 0 Å². The minimum atomic E-state index is 0.531. The van der Waals surface area contributed by atoms with E-state index < -0.39 is 0 Å². The first-order chi connectivity index (χ1) is 8.04. The van der Waals surface area contributed by atoms with Crippen molar-refractivity contribution in [3.05, 3.63) is 0 Å². The molecule has 0 aromatic carbocycles. The molecule has 0 radical (unpaired) electrons. The highest BCUT2D eigenvalue weighted by atomic mass is 14.7. The fourth-order valence-corrected chi connectivity index (χ4v) is 4.71. The predicted molar refractivity (Wildman–Crippen MR) is 82.7 cm³/mol. The Bertz CT molecular complexity index is 272. The summed E-state index contributed by atoms with van der Waals surface area (Å²) in [6.45, 7) is 22.0. The molecule has 3 unspecified atom stereocenters. The summed E-state index contributed by atoms with van der Waals surface area (Å²) in [5.41, 5.74) is 1.61. The summed E-state index contributed by atoms with van der Waals surface area (Å²) in [6.07, 6.45) is 4.03. The molecule has 1 rings (SSSR count). The van der Waals surface area contributed by atoms with Gasteiger partial charge in [-0.3, -0.25) is 0 Å². The van der Waals surface area contributed by atoms with Crippen molar-refractivity contribution in [3.63, 3.8) is 0 Å². The van der Waals surface area contributed by atoms with Crippen molar-refractivity contribution in [2.24, 2.45) is 34.0 Å². The molecule has 108 valence electrons. The van der Waals surface area contributed by atoms with Crippen molar-refractivity contribution in [3.8, 4) is 0 Å². The van der Waals surface area contributed by atoms with E-state index in [1.165, 1.54) is 19.3 Å². The van der Waals surface area contributed by atoms with E-state index in [-0.39, 0.29) is 0 Å². The number of hydrogen-bond donors (Lipinski definition) is 0. The number of rotatable bonds is 6. The van der Waals surface area contributed by atoms with Crippen molar-refractivity contribution in [1.29, 1.82) is 0 Å². The van der Waals surface area contributed by atoms with Crippen LogP contribution in [0.4, 0.5) is 0 Å². The molecular formula is C18H36. The second kappa shape index (κ2) is 4.84. The Kier molecular flexibility index (Phi) is 4.31. The van der Waals surface area contributed by atoms with Crippen molar-refractivity contribution in [2.75, 3.05) is 0 Å². The summed E-state index contributed by atoms with van der Waals surface area (Å²) in [5.74, 6) is 2.60. The first-order valence-electron chi connectivity index (χ1n) is 8.04. The third-order valence-electron chi connectivity index (χ3n) is 7.10. The zero-order valence-corrected chi connectivity index (χ0v) is 14.4. The predicted octanol–water partition coefficient (Wildman–Crippen LogP) is 6.16. The maximum atomic E-state index is 2.51. The van der Waals surface area contributed by atoms with E-state index in [0.717, 1.165) is 17.8 Å². The SMILES string of the molecule is CCC(C)C(C)(CC)CC(C)C1C(C)(C)C1(C)C. The van der Waals surface area contributed by atoms with Crippen molar-refractivity contribution < 1.29 is 0 Å². The molecule has 0 N–H and O–H groups in total. The molecule has 0 aromatic rings. The van der Waals surface area contributed by atoms with Crippen LogP contribution in [0, 0.1) is 34.0 Å². The molecule has 0 heterocycles. The highest BCUT2D eigenvalue weighted by molar-refractivity contribution is 5.14. The normalized spacial score (nSPS) is 28.5. The zero-order chi connectivity index (χ0) is 14.4. The Morgan fingerprint density at radius 3 is 1.72 bits per heavy atom. The van der Waals surface area contributed by atoms with E-state index >= 15 is 0 Å². The summed E-state index contributed by atoms with van der Waals surface area (Å²) < 4.78 is 0. The van der Waals surface area contributed by atoms with Crippen LogP contribution < -0.4 is 0 Å². The van der Waals surface area contributed by atoms with E-state index in [1.54, 1.807) is 0 Å². The van der Waals surface area contributed by atoms with Gasteiger partial charge in [0, 0.05) is 0 Å². The Balaban J connectivity index is 2.74. The molecule has 1 aliphatic carbocycles. The van der Waals surface area contributed by atoms with Crippen molar-refractivity contribution >= 4 is 0 Å². The van der Waals surface area contributed by atoms with Crippen LogP contribution in [-0.2, 0) is 0 Å². The highest BCUT2D eigenvalue weighted by Crippen LogP contribution is 2.72. The molecule has 3 atom stereocenters. The molecule has 0 aromatic heterocycles. The van der Waals surface area contributed by atoms with Gasteiger partial charge in [0.1, 0.15) is 0 Å². The van der Waals surface area contributed by atoms with Gasteiger partial charge >= 0.3 is 0 Å². The quantitative estimate of drug-likeness (QED) is 0.531. The Hall–Kier alpha value is 0. The van der Waals surface area contributed by atoms with E-state index in [0.29, 0.717) is 16.2 Å². The van der Waals surface area contributed by atoms with Crippen LogP contribution in [0.15, 0.2) is 0 Å². The summed E-state index contributed by atoms with van der Waals surface area (Å²) in [6, 6.07) is 0. The van der Waals surface area contributed by atoms with Gasteiger partial charge in [0.05, 0.1) is 0 Å². The zero-order valence-electron chi connectivity index (χ0n) is 14.4. The van der Waals surface area contributed by atoms with Gasteiger partial charge in [-0.1, -0.05) is 75.2 Å². The molecule has 1 saturated carbocycles. The van der Waals surface area contributed by atoms with Crippen LogP contribution in [0.3, 0.4) is 0 Å². The molecule has 1 fully saturated rings. The Labute approximate surface area is 116 Å². The van der Waals surface area contributed by atoms with E-state index in [4.69, 9.17) is 0 Å². The monoisotopic (exact) mass is 252 g/mol. The largest absolute Gasteiger partial charge is 0.0651 e. The highest BCUT2D eigenvalue weighted by Gasteiger charge is 2.66. The van der Waals surface area contributed by atoms with E-state index in [9.17, 15) is 0 Å². The molecule has 0 heteroatoms. The van der Waals surface area contributed by atoms with E-state index in [2.05, 4.69) is 62.3 Å². The van der Waals surface area contributed by atoms with Gasteiger partial charge in [-0.25, -0.2) is 0 Å². The molecule has 0 saturated heterocycles. The molecular weight excluding hydrogens is 216 g/mol. The van der Waals surface area contributed by atoms with E-state index in [1.807, 2.05) is 0 Å². The Morgan fingerprint density at radius 1 is 1.00 bits per heavy atom. The van der Waals surface area contributed by atoms with Gasteiger partial charge in [0.25, 0.3) is 0 Å². The molecule has 1 aliphatic rings. The third kappa shape index (κ3) is 2.37.